The molecule has 2 rings (SSSR count). The number of rotatable bonds is 8. The fourth-order valence-corrected chi connectivity index (χ4v) is 5.15. The van der Waals surface area contributed by atoms with Crippen LogP contribution >= 0.6 is 11.3 Å². The van der Waals surface area contributed by atoms with Gasteiger partial charge in [0.2, 0.25) is 0 Å². The zero-order valence-electron chi connectivity index (χ0n) is 14.8. The normalized spacial score (nSPS) is 19.5. The van der Waals surface area contributed by atoms with Gasteiger partial charge in [0.25, 0.3) is 5.91 Å². The van der Waals surface area contributed by atoms with Gasteiger partial charge in [-0.1, -0.05) is 6.08 Å². The SMILES string of the molecule is C=CCNc1nc(C(=O)O[C@@H](C)C(=O)N(CC)[C@H]2CCS(=O)(=O)C2)cs1. The Bertz CT molecular complexity index is 775. The van der Waals surface area contributed by atoms with Crippen LogP contribution in [0.1, 0.15) is 30.8 Å². The first kappa shape index (κ1) is 20.4. The number of hydrogen-bond donors (Lipinski definition) is 1. The molecule has 2 heterocycles. The van der Waals surface area contributed by atoms with Crippen LogP contribution in [0, 0.1) is 0 Å². The standard InChI is InChI=1S/C16H23N3O5S2/c1-4-7-17-16-18-13(9-25-16)15(21)24-11(3)14(20)19(5-2)12-6-8-26(22,23)10-12/h4,9,11-12H,1,5-8,10H2,2-3H3,(H,17,18)/t11-,12-/m0/s1. The van der Waals surface area contributed by atoms with Crippen LogP contribution in [0.25, 0.3) is 0 Å². The summed E-state index contributed by atoms with van der Waals surface area (Å²) in [7, 11) is -3.11. The maximum Gasteiger partial charge on any atom is 0.358 e. The van der Waals surface area contributed by atoms with Gasteiger partial charge in [0, 0.05) is 24.5 Å². The molecule has 0 saturated carbocycles. The highest BCUT2D eigenvalue weighted by molar-refractivity contribution is 7.91. The van der Waals surface area contributed by atoms with Crippen LogP contribution in [0.15, 0.2) is 18.0 Å². The van der Waals surface area contributed by atoms with E-state index in [0.29, 0.717) is 24.6 Å². The fraction of sp³-hybridized carbons (Fsp3) is 0.562. The summed E-state index contributed by atoms with van der Waals surface area (Å²) in [6.45, 7) is 7.72. The highest BCUT2D eigenvalue weighted by Crippen LogP contribution is 2.20. The number of thiazole rings is 1. The van der Waals surface area contributed by atoms with Crippen molar-refractivity contribution in [3.8, 4) is 0 Å². The summed E-state index contributed by atoms with van der Waals surface area (Å²) in [5.74, 6) is -1.06. The minimum atomic E-state index is -3.11. The molecule has 1 aliphatic rings. The van der Waals surface area contributed by atoms with Crippen molar-refractivity contribution in [3.05, 3.63) is 23.7 Å². The third-order valence-electron chi connectivity index (χ3n) is 4.02. The van der Waals surface area contributed by atoms with Crippen LogP contribution in [0.5, 0.6) is 0 Å². The number of carbonyl (C=O) groups is 2. The minimum absolute atomic E-state index is 0.0440. The Kier molecular flexibility index (Phi) is 6.76. The Morgan fingerprint density at radius 2 is 2.31 bits per heavy atom. The van der Waals surface area contributed by atoms with Crippen LogP contribution < -0.4 is 5.32 Å². The average molecular weight is 402 g/mol. The van der Waals surface area contributed by atoms with Gasteiger partial charge in [-0.3, -0.25) is 4.79 Å². The molecule has 0 spiro atoms. The summed E-state index contributed by atoms with van der Waals surface area (Å²) in [6, 6.07) is -0.368. The highest BCUT2D eigenvalue weighted by atomic mass is 32.2. The van der Waals surface area contributed by atoms with Gasteiger partial charge in [-0.15, -0.1) is 17.9 Å². The van der Waals surface area contributed by atoms with Crippen molar-refractivity contribution < 1.29 is 22.7 Å². The van der Waals surface area contributed by atoms with Gasteiger partial charge >= 0.3 is 5.97 Å². The molecule has 1 fully saturated rings. The molecule has 1 aliphatic heterocycles. The second-order valence-corrected chi connectivity index (χ2v) is 9.02. The summed E-state index contributed by atoms with van der Waals surface area (Å²) < 4.78 is 28.5. The maximum absolute atomic E-state index is 12.6. The van der Waals surface area contributed by atoms with Gasteiger partial charge in [-0.05, 0) is 20.3 Å². The number of esters is 1. The second kappa shape index (κ2) is 8.63. The zero-order valence-corrected chi connectivity index (χ0v) is 16.4. The van der Waals surface area contributed by atoms with E-state index in [2.05, 4.69) is 16.9 Å². The molecule has 0 aromatic carbocycles. The van der Waals surface area contributed by atoms with E-state index in [1.807, 2.05) is 0 Å². The molecule has 0 unspecified atom stereocenters. The number of hydrogen-bond acceptors (Lipinski definition) is 8. The van der Waals surface area contributed by atoms with Gasteiger partial charge < -0.3 is 15.0 Å². The molecule has 2 atom stereocenters. The average Bonchev–Trinajstić information content (AvgIpc) is 3.20. The van der Waals surface area contributed by atoms with Crippen molar-refractivity contribution in [2.75, 3.05) is 29.9 Å². The Morgan fingerprint density at radius 3 is 2.88 bits per heavy atom. The summed E-state index contributed by atoms with van der Waals surface area (Å²) in [4.78, 5) is 30.4. The van der Waals surface area contributed by atoms with Gasteiger partial charge in [0.15, 0.2) is 26.8 Å². The summed E-state index contributed by atoms with van der Waals surface area (Å²) in [6.07, 6.45) is 1.06. The first-order valence-electron chi connectivity index (χ1n) is 8.29. The first-order chi connectivity index (χ1) is 12.3. The maximum atomic E-state index is 12.6. The highest BCUT2D eigenvalue weighted by Gasteiger charge is 2.36. The fourth-order valence-electron chi connectivity index (χ4n) is 2.73. The van der Waals surface area contributed by atoms with E-state index in [4.69, 9.17) is 4.74 Å². The number of aromatic nitrogens is 1. The van der Waals surface area contributed by atoms with Gasteiger partial charge in [-0.2, -0.15) is 0 Å². The molecule has 1 amide bonds. The molecule has 8 nitrogen and oxygen atoms in total. The predicted octanol–water partition coefficient (Wildman–Crippen LogP) is 1.32. The lowest BCUT2D eigenvalue weighted by Gasteiger charge is -2.29. The Hall–Kier alpha value is -1.94. The number of likely N-dealkylation sites (N-methyl/N-ethyl adjacent to an activating group) is 1. The molecule has 144 valence electrons. The van der Waals surface area contributed by atoms with Gasteiger partial charge in [0.05, 0.1) is 11.5 Å². The second-order valence-electron chi connectivity index (χ2n) is 5.94. The van der Waals surface area contributed by atoms with Crippen LogP contribution in [-0.2, 0) is 19.4 Å². The number of ether oxygens (including phenoxy) is 1. The number of carbonyl (C=O) groups excluding carboxylic acids is 2. The quantitative estimate of drug-likeness (QED) is 0.517. The molecular formula is C16H23N3O5S2. The van der Waals surface area contributed by atoms with E-state index >= 15 is 0 Å². The van der Waals surface area contributed by atoms with Gasteiger partial charge in [-0.25, -0.2) is 18.2 Å². The number of nitrogens with one attached hydrogen (secondary N) is 1. The summed E-state index contributed by atoms with van der Waals surface area (Å²) in [5.41, 5.74) is 0.118. The third-order valence-corrected chi connectivity index (χ3v) is 6.57. The van der Waals surface area contributed by atoms with Crippen LogP contribution in [0.4, 0.5) is 5.13 Å². The molecule has 1 saturated heterocycles. The van der Waals surface area contributed by atoms with Crippen molar-refractivity contribution in [2.24, 2.45) is 0 Å². The molecule has 26 heavy (non-hydrogen) atoms. The lowest BCUT2D eigenvalue weighted by atomic mass is 10.2. The van der Waals surface area contributed by atoms with Crippen LogP contribution in [0.2, 0.25) is 0 Å². The van der Waals surface area contributed by atoms with E-state index < -0.39 is 27.8 Å². The van der Waals surface area contributed by atoms with E-state index in [9.17, 15) is 18.0 Å². The van der Waals surface area contributed by atoms with E-state index in [0.717, 1.165) is 0 Å². The van der Waals surface area contributed by atoms with Crippen LogP contribution in [0.3, 0.4) is 0 Å². The first-order valence-corrected chi connectivity index (χ1v) is 11.0. The molecule has 0 aliphatic carbocycles. The van der Waals surface area contributed by atoms with E-state index in [-0.39, 0.29) is 23.2 Å². The van der Waals surface area contributed by atoms with E-state index in [1.54, 1.807) is 18.4 Å². The Labute approximate surface area is 157 Å². The van der Waals surface area contributed by atoms with Crippen molar-refractivity contribution in [3.63, 3.8) is 0 Å². The third kappa shape index (κ3) is 5.04. The monoisotopic (exact) mass is 401 g/mol. The summed E-state index contributed by atoms with van der Waals surface area (Å²) in [5, 5.41) is 5.07. The van der Waals surface area contributed by atoms with Crippen molar-refractivity contribution in [1.82, 2.24) is 9.88 Å². The summed E-state index contributed by atoms with van der Waals surface area (Å²) >= 11 is 1.25. The lowest BCUT2D eigenvalue weighted by molar-refractivity contribution is -0.141. The predicted molar refractivity (Wildman–Crippen MR) is 100 cm³/mol. The number of anilines is 1. The van der Waals surface area contributed by atoms with Crippen LogP contribution in [-0.4, -0.2) is 66.9 Å². The molecule has 10 heteroatoms. The minimum Gasteiger partial charge on any atom is -0.448 e. The van der Waals surface area contributed by atoms with Crippen molar-refractivity contribution in [1.29, 1.82) is 0 Å². The Balaban J connectivity index is 1.97. The number of nitrogens with zero attached hydrogens (tertiary/aromatic N) is 2. The molecule has 1 aromatic rings. The Morgan fingerprint density at radius 1 is 1.58 bits per heavy atom. The molecule has 1 aromatic heterocycles. The van der Waals surface area contributed by atoms with E-state index in [1.165, 1.54) is 23.2 Å². The van der Waals surface area contributed by atoms with Crippen molar-refractivity contribution in [2.45, 2.75) is 32.4 Å². The lowest BCUT2D eigenvalue weighted by Crippen LogP contribution is -2.46. The molecular weight excluding hydrogens is 378 g/mol. The smallest absolute Gasteiger partial charge is 0.358 e. The molecule has 0 bridgehead atoms. The largest absolute Gasteiger partial charge is 0.448 e. The van der Waals surface area contributed by atoms with Gasteiger partial charge in [0.1, 0.15) is 0 Å². The molecule has 1 N–H and O–H groups in total. The topological polar surface area (TPSA) is 106 Å². The number of sulfone groups is 1. The number of amides is 1. The zero-order chi connectivity index (χ0) is 19.3. The van der Waals surface area contributed by atoms with Crippen molar-refractivity contribution >= 4 is 38.2 Å². The molecule has 0 radical (unpaired) electrons.